The zero-order chi connectivity index (χ0) is 22.2. The number of rotatable bonds is 3. The van der Waals surface area contributed by atoms with Crippen molar-refractivity contribution >= 4 is 28.9 Å². The number of carbonyl (C=O) groups excluding carboxylic acids is 2. The van der Waals surface area contributed by atoms with E-state index in [-0.39, 0.29) is 34.8 Å². The number of aromatic nitrogens is 3. The molecule has 2 fully saturated rings. The van der Waals surface area contributed by atoms with Crippen molar-refractivity contribution < 1.29 is 14.0 Å². The summed E-state index contributed by atoms with van der Waals surface area (Å²) in [5.74, 6) is -0.322. The lowest BCUT2D eigenvalue weighted by molar-refractivity contribution is -0.125. The summed E-state index contributed by atoms with van der Waals surface area (Å²) in [6, 6.07) is 11.3. The van der Waals surface area contributed by atoms with Crippen molar-refractivity contribution in [3.63, 3.8) is 0 Å². The molecule has 3 heterocycles. The molecule has 3 aromatic rings. The van der Waals surface area contributed by atoms with Crippen LogP contribution in [0.4, 0.5) is 4.39 Å². The van der Waals surface area contributed by atoms with Gasteiger partial charge in [0.1, 0.15) is 16.9 Å². The standard InChI is InChI=1S/C23H19FN6O2/c24-19-7-14(9-25)1-2-15(19)4-6-22(31)29-10-17-12-30(13-18(17)11-29)23(32)16-3-5-20-21(8-16)27-28-26-20/h1-8,17-18H,10-13H2,(H,26,27,28)/b6-4+/t17-,18-/m1/s1. The summed E-state index contributed by atoms with van der Waals surface area (Å²) in [7, 11) is 0. The predicted molar refractivity (Wildman–Crippen MR) is 114 cm³/mol. The molecule has 0 saturated carbocycles. The molecule has 1 N–H and O–H groups in total. The SMILES string of the molecule is N#Cc1ccc(/C=C/C(=O)N2C[C@@H]3CN(C(=O)c4ccc5n[nH]nc5c4)C[C@H]3C2)c(F)c1. The molecule has 0 spiro atoms. The molecule has 2 aliphatic heterocycles. The van der Waals surface area contributed by atoms with Crippen LogP contribution >= 0.6 is 0 Å². The Bertz CT molecular complexity index is 1280. The van der Waals surface area contributed by atoms with Crippen LogP contribution in [0, 0.1) is 29.0 Å². The van der Waals surface area contributed by atoms with Crippen LogP contribution in [-0.4, -0.2) is 63.2 Å². The maximum absolute atomic E-state index is 14.0. The maximum Gasteiger partial charge on any atom is 0.253 e. The topological polar surface area (TPSA) is 106 Å². The highest BCUT2D eigenvalue weighted by Gasteiger charge is 2.42. The van der Waals surface area contributed by atoms with E-state index in [0.29, 0.717) is 42.8 Å². The lowest BCUT2D eigenvalue weighted by Crippen LogP contribution is -2.35. The molecule has 2 aromatic carbocycles. The third-order valence-electron chi connectivity index (χ3n) is 6.18. The highest BCUT2D eigenvalue weighted by Crippen LogP contribution is 2.32. The van der Waals surface area contributed by atoms with Gasteiger partial charge in [-0.3, -0.25) is 9.59 Å². The van der Waals surface area contributed by atoms with Crippen molar-refractivity contribution in [1.82, 2.24) is 25.2 Å². The third-order valence-corrected chi connectivity index (χ3v) is 6.18. The van der Waals surface area contributed by atoms with Crippen LogP contribution < -0.4 is 0 Å². The quantitative estimate of drug-likeness (QED) is 0.642. The van der Waals surface area contributed by atoms with Gasteiger partial charge in [-0.15, -0.1) is 0 Å². The fourth-order valence-corrected chi connectivity index (χ4v) is 4.49. The van der Waals surface area contributed by atoms with Gasteiger partial charge in [0.15, 0.2) is 0 Å². The van der Waals surface area contributed by atoms with Gasteiger partial charge < -0.3 is 9.80 Å². The minimum absolute atomic E-state index is 0.0432. The van der Waals surface area contributed by atoms with Crippen molar-refractivity contribution in [3.05, 3.63) is 65.0 Å². The Hall–Kier alpha value is -4.06. The Kier molecular flexibility index (Phi) is 4.90. The number of halogens is 1. The number of hydrogen-bond donors (Lipinski definition) is 1. The van der Waals surface area contributed by atoms with Gasteiger partial charge >= 0.3 is 0 Å². The Morgan fingerprint density at radius 2 is 1.75 bits per heavy atom. The van der Waals surface area contributed by atoms with Crippen molar-refractivity contribution in [2.45, 2.75) is 0 Å². The predicted octanol–water partition coefficient (Wildman–Crippen LogP) is 2.21. The molecule has 0 unspecified atom stereocenters. The van der Waals surface area contributed by atoms with E-state index >= 15 is 0 Å². The Balaban J connectivity index is 1.20. The monoisotopic (exact) mass is 430 g/mol. The van der Waals surface area contributed by atoms with Crippen molar-refractivity contribution in [1.29, 1.82) is 5.26 Å². The van der Waals surface area contributed by atoms with Crippen LogP contribution in [0.2, 0.25) is 0 Å². The van der Waals surface area contributed by atoms with Crippen LogP contribution in [0.1, 0.15) is 21.5 Å². The second-order valence-corrected chi connectivity index (χ2v) is 8.18. The van der Waals surface area contributed by atoms with Crippen molar-refractivity contribution in [3.8, 4) is 6.07 Å². The van der Waals surface area contributed by atoms with Crippen LogP contribution in [0.3, 0.4) is 0 Å². The van der Waals surface area contributed by atoms with Gasteiger partial charge in [0.2, 0.25) is 5.91 Å². The Morgan fingerprint density at radius 3 is 2.47 bits per heavy atom. The molecule has 2 saturated heterocycles. The van der Waals surface area contributed by atoms with E-state index < -0.39 is 5.82 Å². The number of H-pyrrole nitrogens is 1. The number of nitriles is 1. The second-order valence-electron chi connectivity index (χ2n) is 8.18. The van der Waals surface area contributed by atoms with Gasteiger partial charge in [-0.1, -0.05) is 6.07 Å². The maximum atomic E-state index is 14.0. The molecule has 1 aromatic heterocycles. The van der Waals surface area contributed by atoms with Gasteiger partial charge in [0.25, 0.3) is 5.91 Å². The van der Waals surface area contributed by atoms with E-state index in [4.69, 9.17) is 5.26 Å². The van der Waals surface area contributed by atoms with Gasteiger partial charge in [-0.05, 0) is 36.4 Å². The number of aromatic amines is 1. The number of amides is 2. The molecule has 5 rings (SSSR count). The summed E-state index contributed by atoms with van der Waals surface area (Å²) in [6.07, 6.45) is 2.80. The number of hydrogen-bond acceptors (Lipinski definition) is 5. The molecule has 2 aliphatic rings. The first kappa shape index (κ1) is 19.9. The molecule has 9 heteroatoms. The highest BCUT2D eigenvalue weighted by molar-refractivity contribution is 5.97. The number of nitrogens with zero attached hydrogens (tertiary/aromatic N) is 5. The molecular formula is C23H19FN6O2. The average Bonchev–Trinajstić information content (AvgIpc) is 3.51. The minimum Gasteiger partial charge on any atom is -0.338 e. The van der Waals surface area contributed by atoms with Crippen LogP contribution in [0.15, 0.2) is 42.5 Å². The summed E-state index contributed by atoms with van der Waals surface area (Å²) < 4.78 is 14.0. The second kappa shape index (κ2) is 7.89. The largest absolute Gasteiger partial charge is 0.338 e. The number of benzene rings is 2. The van der Waals surface area contributed by atoms with Crippen LogP contribution in [-0.2, 0) is 4.79 Å². The molecule has 0 aliphatic carbocycles. The van der Waals surface area contributed by atoms with Crippen LogP contribution in [0.5, 0.6) is 0 Å². The third kappa shape index (κ3) is 3.60. The number of likely N-dealkylation sites (tertiary alicyclic amines) is 2. The molecule has 2 atom stereocenters. The fraction of sp³-hybridized carbons (Fsp3) is 0.261. The molecule has 0 radical (unpaired) electrons. The summed E-state index contributed by atoms with van der Waals surface area (Å²) in [6.45, 7) is 2.32. The summed E-state index contributed by atoms with van der Waals surface area (Å²) in [4.78, 5) is 29.1. The summed E-state index contributed by atoms with van der Waals surface area (Å²) in [5.41, 5.74) is 2.43. The number of fused-ring (bicyclic) bond motifs is 2. The lowest BCUT2D eigenvalue weighted by Gasteiger charge is -2.21. The zero-order valence-corrected chi connectivity index (χ0v) is 17.0. The van der Waals surface area contributed by atoms with Gasteiger partial charge in [-0.25, -0.2) is 4.39 Å². The fourth-order valence-electron chi connectivity index (χ4n) is 4.49. The lowest BCUT2D eigenvalue weighted by atomic mass is 10.0. The first-order valence-electron chi connectivity index (χ1n) is 10.3. The van der Waals surface area contributed by atoms with E-state index in [2.05, 4.69) is 15.4 Å². The molecule has 32 heavy (non-hydrogen) atoms. The minimum atomic E-state index is -0.538. The van der Waals surface area contributed by atoms with Crippen LogP contribution in [0.25, 0.3) is 17.1 Å². The summed E-state index contributed by atoms with van der Waals surface area (Å²) in [5, 5.41) is 19.4. The zero-order valence-electron chi connectivity index (χ0n) is 17.0. The molecular weight excluding hydrogens is 411 g/mol. The van der Waals surface area contributed by atoms with Gasteiger partial charge in [0, 0.05) is 55.2 Å². The number of carbonyl (C=O) groups is 2. The molecule has 160 valence electrons. The van der Waals surface area contributed by atoms with Crippen molar-refractivity contribution in [2.75, 3.05) is 26.2 Å². The van der Waals surface area contributed by atoms with E-state index in [9.17, 15) is 14.0 Å². The Labute approximate surface area is 182 Å². The van der Waals surface area contributed by atoms with E-state index in [0.717, 1.165) is 6.07 Å². The average molecular weight is 430 g/mol. The molecule has 2 amide bonds. The first-order chi connectivity index (χ1) is 15.5. The molecule has 8 nitrogen and oxygen atoms in total. The van der Waals surface area contributed by atoms with E-state index in [1.165, 1.54) is 24.3 Å². The number of nitrogens with one attached hydrogen (secondary N) is 1. The van der Waals surface area contributed by atoms with Gasteiger partial charge in [0.05, 0.1) is 11.6 Å². The smallest absolute Gasteiger partial charge is 0.253 e. The van der Waals surface area contributed by atoms with Gasteiger partial charge in [-0.2, -0.15) is 20.7 Å². The highest BCUT2D eigenvalue weighted by atomic mass is 19.1. The first-order valence-corrected chi connectivity index (χ1v) is 10.3. The molecule has 0 bridgehead atoms. The normalized spacial score (nSPS) is 20.1. The van der Waals surface area contributed by atoms with E-state index in [1.54, 1.807) is 23.1 Å². The van der Waals surface area contributed by atoms with Crippen molar-refractivity contribution in [2.24, 2.45) is 11.8 Å². The van der Waals surface area contributed by atoms with E-state index in [1.807, 2.05) is 11.0 Å². The summed E-state index contributed by atoms with van der Waals surface area (Å²) >= 11 is 0. The Morgan fingerprint density at radius 1 is 1.03 bits per heavy atom.